The minimum absolute atomic E-state index is 0.158. The lowest BCUT2D eigenvalue weighted by molar-refractivity contribution is -0.153. The van der Waals surface area contributed by atoms with E-state index in [0.717, 1.165) is 27.9 Å². The van der Waals surface area contributed by atoms with Crippen molar-refractivity contribution in [3.63, 3.8) is 0 Å². The van der Waals surface area contributed by atoms with Gasteiger partial charge in [0.2, 0.25) is 0 Å². The second-order valence-corrected chi connectivity index (χ2v) is 8.54. The van der Waals surface area contributed by atoms with Crippen molar-refractivity contribution >= 4 is 23.0 Å². The molecule has 6 rings (SSSR count). The zero-order chi connectivity index (χ0) is 23.0. The van der Waals surface area contributed by atoms with Gasteiger partial charge in [0.1, 0.15) is 12.0 Å². The predicted molar refractivity (Wildman–Crippen MR) is 122 cm³/mol. The number of aromatic amines is 1. The number of aromatic nitrogens is 1. The molecule has 0 saturated carbocycles. The van der Waals surface area contributed by atoms with Gasteiger partial charge in [-0.15, -0.1) is 0 Å². The van der Waals surface area contributed by atoms with Crippen LogP contribution in [0.15, 0.2) is 72.5 Å². The van der Waals surface area contributed by atoms with Gasteiger partial charge >= 0.3 is 12.1 Å². The van der Waals surface area contributed by atoms with Crippen LogP contribution < -0.4 is 0 Å². The molecule has 1 amide bonds. The summed E-state index contributed by atoms with van der Waals surface area (Å²) in [4.78, 5) is 31.7. The molecule has 2 bridgehead atoms. The van der Waals surface area contributed by atoms with Crippen LogP contribution in [0.4, 0.5) is 4.79 Å². The third kappa shape index (κ3) is 3.44. The summed E-state index contributed by atoms with van der Waals surface area (Å²) in [7, 11) is 3.00. The molecule has 7 nitrogen and oxygen atoms in total. The first-order valence-corrected chi connectivity index (χ1v) is 11.0. The molecule has 3 atom stereocenters. The summed E-state index contributed by atoms with van der Waals surface area (Å²) in [6.45, 7) is 0.572. The largest absolute Gasteiger partial charge is 0.501 e. The Morgan fingerprint density at radius 3 is 2.55 bits per heavy atom. The van der Waals surface area contributed by atoms with E-state index in [9.17, 15) is 9.59 Å². The van der Waals surface area contributed by atoms with Crippen molar-refractivity contribution in [2.75, 3.05) is 20.8 Å². The number of ether oxygens (including phenoxy) is 3. The molecule has 3 heterocycles. The molecule has 3 aromatic rings. The Labute approximate surface area is 191 Å². The number of hydrogen-bond donors (Lipinski definition) is 1. The lowest BCUT2D eigenvalue weighted by Crippen LogP contribution is -2.65. The van der Waals surface area contributed by atoms with E-state index in [1.165, 1.54) is 7.11 Å². The number of fused-ring (bicyclic) bond motifs is 3. The number of nitrogens with one attached hydrogen (secondary N) is 1. The minimum Gasteiger partial charge on any atom is -0.501 e. The van der Waals surface area contributed by atoms with E-state index >= 15 is 0 Å². The van der Waals surface area contributed by atoms with Crippen molar-refractivity contribution in [1.82, 2.24) is 9.88 Å². The molecular formula is C26H26N2O5. The molecule has 2 aliphatic heterocycles. The molecule has 1 fully saturated rings. The number of para-hydroxylation sites is 1. The molecular weight excluding hydrogens is 420 g/mol. The predicted octanol–water partition coefficient (Wildman–Crippen LogP) is 4.15. The Bertz CT molecular complexity index is 1180. The molecule has 2 unspecified atom stereocenters. The van der Waals surface area contributed by atoms with Gasteiger partial charge in [0, 0.05) is 23.7 Å². The van der Waals surface area contributed by atoms with Gasteiger partial charge in [0.05, 0.1) is 26.0 Å². The van der Waals surface area contributed by atoms with E-state index in [4.69, 9.17) is 14.2 Å². The lowest BCUT2D eigenvalue weighted by Gasteiger charge is -2.52. The highest BCUT2D eigenvalue weighted by Gasteiger charge is 2.60. The fraction of sp³-hybridized carbons (Fsp3) is 0.308. The average molecular weight is 447 g/mol. The van der Waals surface area contributed by atoms with Crippen LogP contribution in [-0.2, 0) is 31.0 Å². The van der Waals surface area contributed by atoms with E-state index in [2.05, 4.69) is 4.98 Å². The van der Waals surface area contributed by atoms with E-state index in [-0.39, 0.29) is 12.5 Å². The maximum absolute atomic E-state index is 13.4. The first-order chi connectivity index (χ1) is 16.1. The van der Waals surface area contributed by atoms with E-state index in [1.54, 1.807) is 12.0 Å². The number of piperidine rings is 1. The summed E-state index contributed by atoms with van der Waals surface area (Å²) in [6.07, 6.45) is 1.87. The van der Waals surface area contributed by atoms with Crippen molar-refractivity contribution < 1.29 is 23.8 Å². The Balaban J connectivity index is 1.54. The Morgan fingerprint density at radius 2 is 1.85 bits per heavy atom. The molecule has 0 radical (unpaired) electrons. The van der Waals surface area contributed by atoms with E-state index in [0.29, 0.717) is 13.0 Å². The van der Waals surface area contributed by atoms with Crippen molar-refractivity contribution in [3.05, 3.63) is 83.8 Å². The van der Waals surface area contributed by atoms with Gasteiger partial charge in [-0.25, -0.2) is 4.79 Å². The molecule has 2 aromatic carbocycles. The van der Waals surface area contributed by atoms with Crippen LogP contribution in [0.5, 0.6) is 0 Å². The topological polar surface area (TPSA) is 80.9 Å². The SMILES string of the molecule is COC(=O)[C@]1(c2cc3ccccc3[nH]2)CC2CN(C(=O)OCc3ccccc3)C1C=C2OC. The summed E-state index contributed by atoms with van der Waals surface area (Å²) >= 11 is 0. The number of benzene rings is 2. The first-order valence-electron chi connectivity index (χ1n) is 11.0. The number of rotatable bonds is 5. The van der Waals surface area contributed by atoms with Crippen molar-refractivity contribution in [1.29, 1.82) is 0 Å². The van der Waals surface area contributed by atoms with Gasteiger partial charge in [-0.1, -0.05) is 48.5 Å². The van der Waals surface area contributed by atoms with Crippen LogP contribution in [-0.4, -0.2) is 48.8 Å². The Kier molecular flexibility index (Phi) is 5.32. The molecule has 1 saturated heterocycles. The van der Waals surface area contributed by atoms with Crippen LogP contribution in [0.25, 0.3) is 10.9 Å². The monoisotopic (exact) mass is 446 g/mol. The molecule has 1 N–H and O–H groups in total. The van der Waals surface area contributed by atoms with E-state index < -0.39 is 23.5 Å². The van der Waals surface area contributed by atoms with E-state index in [1.807, 2.05) is 66.7 Å². The number of esters is 1. The molecule has 7 heteroatoms. The van der Waals surface area contributed by atoms with Crippen molar-refractivity contribution in [2.24, 2.45) is 5.92 Å². The number of amides is 1. The molecule has 3 aliphatic rings. The van der Waals surface area contributed by atoms with Crippen LogP contribution in [0.1, 0.15) is 17.7 Å². The summed E-state index contributed by atoms with van der Waals surface area (Å²) < 4.78 is 16.6. The van der Waals surface area contributed by atoms with Crippen molar-refractivity contribution in [3.8, 4) is 0 Å². The first kappa shape index (κ1) is 21.1. The highest BCUT2D eigenvalue weighted by molar-refractivity contribution is 5.90. The normalized spacial score (nSPS) is 23.8. The number of nitrogens with zero attached hydrogens (tertiary/aromatic N) is 1. The maximum Gasteiger partial charge on any atom is 0.410 e. The highest BCUT2D eigenvalue weighted by atomic mass is 16.6. The number of carbonyl (C=O) groups is 2. The van der Waals surface area contributed by atoms with Crippen LogP contribution >= 0.6 is 0 Å². The average Bonchev–Trinajstić information content (AvgIpc) is 3.31. The van der Waals surface area contributed by atoms with Crippen LogP contribution in [0, 0.1) is 5.92 Å². The summed E-state index contributed by atoms with van der Waals surface area (Å²) in [5.74, 6) is 0.230. The number of H-pyrrole nitrogens is 1. The summed E-state index contributed by atoms with van der Waals surface area (Å²) in [5, 5.41) is 0.992. The number of hydrogen-bond acceptors (Lipinski definition) is 5. The van der Waals surface area contributed by atoms with Gasteiger partial charge in [-0.3, -0.25) is 9.69 Å². The van der Waals surface area contributed by atoms with Gasteiger partial charge in [-0.05, 0) is 35.6 Å². The fourth-order valence-electron chi connectivity index (χ4n) is 5.21. The molecule has 33 heavy (non-hydrogen) atoms. The zero-order valence-electron chi connectivity index (χ0n) is 18.6. The minimum atomic E-state index is -1.09. The Morgan fingerprint density at radius 1 is 1.09 bits per heavy atom. The fourth-order valence-corrected chi connectivity index (χ4v) is 5.21. The highest BCUT2D eigenvalue weighted by Crippen LogP contribution is 2.49. The summed E-state index contributed by atoms with van der Waals surface area (Å²) in [5.41, 5.74) is 1.45. The van der Waals surface area contributed by atoms with Crippen LogP contribution in [0.3, 0.4) is 0 Å². The van der Waals surface area contributed by atoms with Gasteiger partial charge in [0.15, 0.2) is 0 Å². The third-order valence-electron chi connectivity index (χ3n) is 6.79. The number of carbonyl (C=O) groups excluding carboxylic acids is 2. The quantitative estimate of drug-likeness (QED) is 0.596. The molecule has 0 spiro atoms. The smallest absolute Gasteiger partial charge is 0.410 e. The number of methoxy groups -OCH3 is 2. The third-order valence-corrected chi connectivity index (χ3v) is 6.79. The second kappa shape index (κ2) is 8.31. The standard InChI is InChI=1S/C26H26N2O5/c1-31-21-13-23-26(24(29)32-2,22-12-18-10-6-7-11-20(18)27-22)14-19(21)15-28(23)25(30)33-16-17-8-4-3-5-9-17/h3-13,19,23,27H,14-16H2,1-2H3/t19?,23?,26-/m0/s1. The Hall–Kier alpha value is -3.74. The lowest BCUT2D eigenvalue weighted by atomic mass is 9.63. The van der Waals surface area contributed by atoms with Crippen LogP contribution in [0.2, 0.25) is 0 Å². The maximum atomic E-state index is 13.4. The molecule has 170 valence electrons. The van der Waals surface area contributed by atoms with Gasteiger partial charge < -0.3 is 19.2 Å². The van der Waals surface area contributed by atoms with Gasteiger partial charge in [0.25, 0.3) is 0 Å². The van der Waals surface area contributed by atoms with Gasteiger partial charge in [-0.2, -0.15) is 0 Å². The summed E-state index contributed by atoms with van der Waals surface area (Å²) in [6, 6.07) is 18.7. The second-order valence-electron chi connectivity index (χ2n) is 8.54. The molecule has 1 aromatic heterocycles. The van der Waals surface area contributed by atoms with Crippen molar-refractivity contribution in [2.45, 2.75) is 24.5 Å². The molecule has 1 aliphatic carbocycles. The zero-order valence-corrected chi connectivity index (χ0v) is 18.6.